The van der Waals surface area contributed by atoms with Crippen LogP contribution in [0, 0.1) is 0 Å². The second-order valence-electron chi connectivity index (χ2n) is 2.85. The first-order chi connectivity index (χ1) is 6.95. The zero-order valence-corrected chi connectivity index (χ0v) is 11.9. The molecule has 0 heterocycles. The Labute approximate surface area is 116 Å². The molecule has 7 heteroatoms. The van der Waals surface area contributed by atoms with E-state index in [4.69, 9.17) is 4.74 Å². The number of hydrogen-bond acceptors (Lipinski definition) is 5. The van der Waals surface area contributed by atoms with Gasteiger partial charge in [-0.15, -0.1) is 0 Å². The van der Waals surface area contributed by atoms with Gasteiger partial charge in [0.1, 0.15) is 15.9 Å². The zero-order chi connectivity index (χ0) is 11.5. The maximum Gasteiger partial charge on any atom is 1.00 e. The first-order valence-electron chi connectivity index (χ1n) is 4.30. The number of aliphatic hydroxyl groups is 1. The van der Waals surface area contributed by atoms with Crippen molar-refractivity contribution < 1.29 is 52.4 Å². The molecule has 0 aliphatic rings. The summed E-state index contributed by atoms with van der Waals surface area (Å²) in [6, 6.07) is 5.79. The maximum atomic E-state index is 10.6. The van der Waals surface area contributed by atoms with Crippen LogP contribution in [0.1, 0.15) is 17.9 Å². The molecule has 0 radical (unpaired) electrons. The third-order valence-corrected chi connectivity index (χ3v) is 2.55. The van der Waals surface area contributed by atoms with E-state index in [1.165, 1.54) is 18.2 Å². The number of aliphatic hydroxyl groups excluding tert-OH is 1. The summed E-state index contributed by atoms with van der Waals surface area (Å²) in [5.74, 6) is 0.415. The Kier molecular flexibility index (Phi) is 6.54. The largest absolute Gasteiger partial charge is 1.00 e. The van der Waals surface area contributed by atoms with E-state index >= 15 is 0 Å². The van der Waals surface area contributed by atoms with Gasteiger partial charge >= 0.3 is 29.6 Å². The molecule has 5 nitrogen and oxygen atoms in total. The van der Waals surface area contributed by atoms with Gasteiger partial charge in [-0.2, -0.15) is 0 Å². The van der Waals surface area contributed by atoms with Gasteiger partial charge in [-0.25, -0.2) is 8.42 Å². The van der Waals surface area contributed by atoms with Gasteiger partial charge in [0.2, 0.25) is 0 Å². The van der Waals surface area contributed by atoms with Crippen LogP contribution in [0.4, 0.5) is 0 Å². The predicted molar refractivity (Wildman–Crippen MR) is 52.3 cm³/mol. The van der Waals surface area contributed by atoms with Crippen molar-refractivity contribution in [3.8, 4) is 5.75 Å². The van der Waals surface area contributed by atoms with Crippen LogP contribution in [-0.4, -0.2) is 24.7 Å². The van der Waals surface area contributed by atoms with Crippen molar-refractivity contribution >= 4 is 10.1 Å². The van der Waals surface area contributed by atoms with Gasteiger partial charge in [0.15, 0.2) is 5.44 Å². The van der Waals surface area contributed by atoms with Crippen molar-refractivity contribution in [1.29, 1.82) is 0 Å². The number of ether oxygens (including phenoxy) is 1. The molecule has 0 saturated carbocycles. The van der Waals surface area contributed by atoms with Crippen molar-refractivity contribution in [2.24, 2.45) is 0 Å². The fourth-order valence-electron chi connectivity index (χ4n) is 1.09. The van der Waals surface area contributed by atoms with Crippen molar-refractivity contribution in [2.45, 2.75) is 12.4 Å². The van der Waals surface area contributed by atoms with Crippen LogP contribution in [0.15, 0.2) is 24.3 Å². The van der Waals surface area contributed by atoms with Crippen LogP contribution < -0.4 is 34.3 Å². The van der Waals surface area contributed by atoms with Crippen LogP contribution >= 0.6 is 0 Å². The van der Waals surface area contributed by atoms with Crippen LogP contribution in [-0.2, 0) is 10.1 Å². The molecule has 1 rings (SSSR count). The average molecular weight is 254 g/mol. The molecule has 1 N–H and O–H groups in total. The topological polar surface area (TPSA) is 86.7 Å². The summed E-state index contributed by atoms with van der Waals surface area (Å²) in [6.07, 6.45) is 0. The van der Waals surface area contributed by atoms with Gasteiger partial charge in [0.05, 0.1) is 6.61 Å². The molecular weight excluding hydrogens is 243 g/mol. The standard InChI is InChI=1S/C9H12O5S.Na/c1-2-14-8-5-3-4-7(6-8)9(10)15(11,12)13;/h3-6,9-10H,2H2,1H3,(H,11,12,13);/q;+1/p-1. The number of rotatable bonds is 4. The molecule has 0 aliphatic heterocycles. The molecule has 16 heavy (non-hydrogen) atoms. The Morgan fingerprint density at radius 2 is 2.12 bits per heavy atom. The Balaban J connectivity index is 0.00000225. The SMILES string of the molecule is CCOc1cccc(C(O)S(=O)(=O)[O-])c1.[Na+]. The second-order valence-corrected chi connectivity index (χ2v) is 4.28. The normalized spacial score (nSPS) is 12.7. The smallest absolute Gasteiger partial charge is 0.746 e. The second kappa shape index (κ2) is 6.58. The molecular formula is C9H11NaO5S. The fraction of sp³-hybridized carbons (Fsp3) is 0.333. The molecule has 0 amide bonds. The molecule has 0 bridgehead atoms. The molecule has 84 valence electrons. The fourth-order valence-corrected chi connectivity index (χ4v) is 1.57. The Bertz CT molecular complexity index is 431. The number of benzene rings is 1. The van der Waals surface area contributed by atoms with Crippen LogP contribution in [0.2, 0.25) is 0 Å². The number of hydrogen-bond donors (Lipinski definition) is 1. The summed E-state index contributed by atoms with van der Waals surface area (Å²) in [6.45, 7) is 2.19. The van der Waals surface area contributed by atoms with Crippen molar-refractivity contribution in [2.75, 3.05) is 6.61 Å². The minimum absolute atomic E-state index is 0. The van der Waals surface area contributed by atoms with E-state index in [1.54, 1.807) is 13.0 Å². The van der Waals surface area contributed by atoms with Gasteiger partial charge in [0.25, 0.3) is 0 Å². The summed E-state index contributed by atoms with van der Waals surface area (Å²) in [5.41, 5.74) is -2.03. The van der Waals surface area contributed by atoms with Gasteiger partial charge < -0.3 is 14.4 Å². The van der Waals surface area contributed by atoms with Gasteiger partial charge in [-0.1, -0.05) is 12.1 Å². The molecule has 1 unspecified atom stereocenters. The van der Waals surface area contributed by atoms with E-state index in [1.807, 2.05) is 0 Å². The van der Waals surface area contributed by atoms with E-state index in [-0.39, 0.29) is 35.1 Å². The van der Waals surface area contributed by atoms with Gasteiger partial charge in [0, 0.05) is 0 Å². The van der Waals surface area contributed by atoms with Crippen molar-refractivity contribution in [1.82, 2.24) is 0 Å². The summed E-state index contributed by atoms with van der Waals surface area (Å²) in [4.78, 5) is 0. The summed E-state index contributed by atoms with van der Waals surface area (Å²) in [5, 5.41) is 9.19. The van der Waals surface area contributed by atoms with Crippen molar-refractivity contribution in [3.63, 3.8) is 0 Å². The molecule has 0 aromatic heterocycles. The minimum atomic E-state index is -4.74. The van der Waals surface area contributed by atoms with E-state index < -0.39 is 15.6 Å². The molecule has 1 aromatic carbocycles. The summed E-state index contributed by atoms with van der Waals surface area (Å²) < 4.78 is 36.8. The van der Waals surface area contributed by atoms with E-state index in [0.29, 0.717) is 12.4 Å². The van der Waals surface area contributed by atoms with Crippen LogP contribution in [0.3, 0.4) is 0 Å². The van der Waals surface area contributed by atoms with E-state index in [0.717, 1.165) is 0 Å². The van der Waals surface area contributed by atoms with Crippen LogP contribution in [0.5, 0.6) is 5.75 Å². The molecule has 0 spiro atoms. The monoisotopic (exact) mass is 254 g/mol. The van der Waals surface area contributed by atoms with Gasteiger partial charge in [-0.05, 0) is 24.6 Å². The summed E-state index contributed by atoms with van der Waals surface area (Å²) in [7, 11) is -4.74. The predicted octanol–water partition coefficient (Wildman–Crippen LogP) is -2.37. The average Bonchev–Trinajstić information content (AvgIpc) is 2.16. The Hall–Kier alpha value is -0.110. The summed E-state index contributed by atoms with van der Waals surface area (Å²) >= 11 is 0. The third-order valence-electron chi connectivity index (χ3n) is 1.73. The molecule has 0 fully saturated rings. The maximum absolute atomic E-state index is 10.6. The van der Waals surface area contributed by atoms with Gasteiger partial charge in [-0.3, -0.25) is 0 Å². The zero-order valence-electron chi connectivity index (χ0n) is 9.08. The van der Waals surface area contributed by atoms with Crippen molar-refractivity contribution in [3.05, 3.63) is 29.8 Å². The van der Waals surface area contributed by atoms with Crippen LogP contribution in [0.25, 0.3) is 0 Å². The third kappa shape index (κ3) is 4.40. The quantitative estimate of drug-likeness (QED) is 0.479. The van der Waals surface area contributed by atoms with E-state index in [2.05, 4.69) is 0 Å². The first kappa shape index (κ1) is 15.9. The molecule has 0 aliphatic carbocycles. The Morgan fingerprint density at radius 3 is 2.62 bits per heavy atom. The molecule has 1 aromatic rings. The molecule has 0 saturated heterocycles. The first-order valence-corrected chi connectivity index (χ1v) is 5.78. The van der Waals surface area contributed by atoms with E-state index in [9.17, 15) is 18.1 Å². The minimum Gasteiger partial charge on any atom is -0.746 e. The molecule has 1 atom stereocenters. The Morgan fingerprint density at radius 1 is 1.50 bits per heavy atom.